The number of aliphatic hydroxyl groups is 1. The van der Waals surface area contributed by atoms with E-state index in [0.29, 0.717) is 28.6 Å². The van der Waals surface area contributed by atoms with Crippen molar-refractivity contribution in [1.29, 1.82) is 0 Å². The number of ether oxygens (including phenoxy) is 2. The Kier molecular flexibility index (Phi) is 10.6. The number of rotatable bonds is 6. The number of benzene rings is 2. The molecule has 6 rings (SSSR count). The zero-order valence-electron chi connectivity index (χ0n) is 30.1. The van der Waals surface area contributed by atoms with Gasteiger partial charge in [-0.3, -0.25) is 19.2 Å². The number of fused-ring (bicyclic) bond motifs is 2. The normalized spacial score (nSPS) is 31.8. The highest BCUT2D eigenvalue weighted by molar-refractivity contribution is 9.11. The fourth-order valence-electron chi connectivity index (χ4n) is 8.45. The molecule has 2 aromatic rings. The van der Waals surface area contributed by atoms with Crippen LogP contribution in [-0.4, -0.2) is 88.6 Å². The Labute approximate surface area is 308 Å². The lowest BCUT2D eigenvalue weighted by atomic mass is 9.74. The van der Waals surface area contributed by atoms with Crippen LogP contribution in [0.15, 0.2) is 71.2 Å². The number of anilines is 1. The van der Waals surface area contributed by atoms with Crippen molar-refractivity contribution in [3.05, 3.63) is 87.9 Å². The molecule has 1 N–H and O–H groups in total. The topological polar surface area (TPSA) is 117 Å². The molecule has 0 saturated carbocycles. The summed E-state index contributed by atoms with van der Waals surface area (Å²) in [5, 5.41) is 10.8. The summed E-state index contributed by atoms with van der Waals surface area (Å²) in [7, 11) is 1.71. The lowest BCUT2D eigenvalue weighted by Crippen LogP contribution is -2.60. The van der Waals surface area contributed by atoms with E-state index in [1.165, 1.54) is 4.90 Å². The summed E-state index contributed by atoms with van der Waals surface area (Å²) in [4.78, 5) is 63.2. The summed E-state index contributed by atoms with van der Waals surface area (Å²) < 4.78 is 13.7. The zero-order valence-corrected chi connectivity index (χ0v) is 31.7. The SMILES string of the molecule is CC[C@H](C)[C@H](CO)N1C(=O)[C@H]2[C@@H]3C(=O)O[C@H](c4ccccc4)[C@@H](C)N(C)C(=O)CC/C=C\CN(c4c(C)cccc4C)C(=O)[C@H]1[C@@]21C=C(Br)[C@@H]3O1. The molecule has 3 amide bonds. The maximum Gasteiger partial charge on any atom is 0.313 e. The number of nitrogens with zero attached hydrogens (tertiary/aromatic N) is 3. The van der Waals surface area contributed by atoms with Gasteiger partial charge in [-0.15, -0.1) is 0 Å². The van der Waals surface area contributed by atoms with E-state index >= 15 is 4.79 Å². The van der Waals surface area contributed by atoms with Crippen molar-refractivity contribution in [2.24, 2.45) is 17.8 Å². The average Bonchev–Trinajstić information content (AvgIpc) is 3.71. The highest BCUT2D eigenvalue weighted by atomic mass is 79.9. The van der Waals surface area contributed by atoms with E-state index < -0.39 is 59.6 Å². The molecule has 10 nitrogen and oxygen atoms in total. The first kappa shape index (κ1) is 37.0. The van der Waals surface area contributed by atoms with Crippen LogP contribution in [0.3, 0.4) is 0 Å². The van der Waals surface area contributed by atoms with Gasteiger partial charge >= 0.3 is 5.97 Å². The molecule has 9 atom stereocenters. The van der Waals surface area contributed by atoms with Crippen molar-refractivity contribution in [3.63, 3.8) is 0 Å². The van der Waals surface area contributed by atoms with Crippen LogP contribution in [0.2, 0.25) is 0 Å². The van der Waals surface area contributed by atoms with Crippen LogP contribution < -0.4 is 4.90 Å². The first-order chi connectivity index (χ1) is 24.4. The molecule has 51 heavy (non-hydrogen) atoms. The maximum atomic E-state index is 15.4. The second kappa shape index (κ2) is 14.7. The molecule has 5 bridgehead atoms. The van der Waals surface area contributed by atoms with Gasteiger partial charge in [-0.25, -0.2) is 0 Å². The van der Waals surface area contributed by atoms with Gasteiger partial charge in [-0.05, 0) is 55.9 Å². The third-order valence-corrected chi connectivity index (χ3v) is 12.2. The number of hydrogen-bond donors (Lipinski definition) is 1. The van der Waals surface area contributed by atoms with Gasteiger partial charge in [-0.1, -0.05) is 96.9 Å². The summed E-state index contributed by atoms with van der Waals surface area (Å²) in [6, 6.07) is 12.6. The zero-order chi connectivity index (χ0) is 36.8. The van der Waals surface area contributed by atoms with Gasteiger partial charge in [0.25, 0.3) is 5.91 Å². The molecule has 0 aromatic heterocycles. The van der Waals surface area contributed by atoms with E-state index in [9.17, 15) is 19.5 Å². The fourth-order valence-corrected chi connectivity index (χ4v) is 9.19. The molecule has 0 aliphatic carbocycles. The van der Waals surface area contributed by atoms with Gasteiger partial charge in [-0.2, -0.15) is 0 Å². The third kappa shape index (κ3) is 6.25. The van der Waals surface area contributed by atoms with Crippen LogP contribution in [0.25, 0.3) is 0 Å². The highest BCUT2D eigenvalue weighted by Gasteiger charge is 2.75. The minimum absolute atomic E-state index is 0.117. The fraction of sp³-hybridized carbons (Fsp3) is 0.500. The number of likely N-dealkylation sites (tertiary alicyclic amines) is 1. The predicted molar refractivity (Wildman–Crippen MR) is 197 cm³/mol. The van der Waals surface area contributed by atoms with Crippen molar-refractivity contribution in [2.75, 3.05) is 25.1 Å². The van der Waals surface area contributed by atoms with E-state index in [2.05, 4.69) is 15.9 Å². The number of cyclic esters (lactones) is 1. The van der Waals surface area contributed by atoms with Crippen LogP contribution in [0, 0.1) is 31.6 Å². The number of aliphatic hydroxyl groups excluding tert-OH is 1. The van der Waals surface area contributed by atoms with Crippen LogP contribution in [-0.2, 0) is 28.7 Å². The first-order valence-electron chi connectivity index (χ1n) is 17.9. The van der Waals surface area contributed by atoms with Crippen molar-refractivity contribution < 1.29 is 33.8 Å². The average molecular weight is 763 g/mol. The lowest BCUT2D eigenvalue weighted by Gasteiger charge is -2.40. The highest BCUT2D eigenvalue weighted by Crippen LogP contribution is 2.60. The predicted octanol–water partition coefficient (Wildman–Crippen LogP) is 5.40. The monoisotopic (exact) mass is 761 g/mol. The first-order valence-corrected chi connectivity index (χ1v) is 18.7. The Morgan fingerprint density at radius 2 is 1.67 bits per heavy atom. The van der Waals surface area contributed by atoms with Gasteiger partial charge in [0.05, 0.1) is 24.6 Å². The van der Waals surface area contributed by atoms with Crippen LogP contribution in [0.4, 0.5) is 5.69 Å². The molecule has 272 valence electrons. The molecule has 11 heteroatoms. The second-order valence-corrected chi connectivity index (χ2v) is 15.3. The Morgan fingerprint density at radius 3 is 2.31 bits per heavy atom. The smallest absolute Gasteiger partial charge is 0.313 e. The molecule has 4 aliphatic rings. The van der Waals surface area contributed by atoms with E-state index in [0.717, 1.165) is 11.1 Å². The molecule has 4 heterocycles. The minimum Gasteiger partial charge on any atom is -0.455 e. The van der Waals surface area contributed by atoms with Gasteiger partial charge in [0.2, 0.25) is 11.8 Å². The van der Waals surface area contributed by atoms with Crippen molar-refractivity contribution in [2.45, 2.75) is 89.8 Å². The molecule has 0 radical (unpaired) electrons. The molecule has 2 fully saturated rings. The van der Waals surface area contributed by atoms with Crippen LogP contribution in [0.5, 0.6) is 0 Å². The number of halogens is 1. The molecule has 4 aliphatic heterocycles. The number of hydrogen-bond acceptors (Lipinski definition) is 7. The van der Waals surface area contributed by atoms with Crippen molar-refractivity contribution >= 4 is 45.3 Å². The lowest BCUT2D eigenvalue weighted by molar-refractivity contribution is -0.164. The third-order valence-electron chi connectivity index (χ3n) is 11.5. The quantitative estimate of drug-likeness (QED) is 0.310. The number of para-hydroxylation sites is 1. The number of amides is 3. The van der Waals surface area contributed by atoms with Gasteiger partial charge in [0.15, 0.2) is 0 Å². The van der Waals surface area contributed by atoms with E-state index in [1.807, 2.05) is 95.3 Å². The van der Waals surface area contributed by atoms with E-state index in [1.54, 1.807) is 22.9 Å². The Morgan fingerprint density at radius 1 is 0.980 bits per heavy atom. The Hall–Kier alpha value is -3.80. The summed E-state index contributed by atoms with van der Waals surface area (Å²) in [5.74, 6) is -3.91. The molecule has 2 saturated heterocycles. The largest absolute Gasteiger partial charge is 0.455 e. The molecule has 2 aromatic carbocycles. The number of carbonyl (C=O) groups excluding carboxylic acids is 4. The van der Waals surface area contributed by atoms with Crippen LogP contribution in [0.1, 0.15) is 62.8 Å². The standard InChI is InChI=1S/C40H48BrN3O7/c1-7-23(2)29(22-45)44-36-38(48)43(33-24(3)15-14-16-25(33)4)20-13-9-12-19-30(46)42(6)26(5)34(27-17-10-8-11-18-27)50-39(49)31-32(37(44)47)40(36)21-28(41)35(31)51-40/h8-11,13-18,21,23,26,29,31-32,34-36,45H,7,12,19-20,22H2,1-6H3/b13-9-/t23-,26+,29-,31-,32+,34-,35-,36-,40+/m0/s1. The second-order valence-electron chi connectivity index (χ2n) is 14.4. The van der Waals surface area contributed by atoms with Gasteiger partial charge in [0.1, 0.15) is 29.8 Å². The summed E-state index contributed by atoms with van der Waals surface area (Å²) >= 11 is 3.65. The van der Waals surface area contributed by atoms with Gasteiger partial charge < -0.3 is 29.3 Å². The number of likely N-dealkylation sites (N-methyl/N-ethyl adjacent to an activating group) is 1. The maximum absolute atomic E-state index is 15.4. The van der Waals surface area contributed by atoms with Crippen LogP contribution >= 0.6 is 15.9 Å². The summed E-state index contributed by atoms with van der Waals surface area (Å²) in [6.45, 7) is 9.46. The minimum atomic E-state index is -1.50. The van der Waals surface area contributed by atoms with Gasteiger partial charge in [0, 0.05) is 30.2 Å². The number of aryl methyl sites for hydroxylation is 2. The van der Waals surface area contributed by atoms with Crippen molar-refractivity contribution in [1.82, 2.24) is 9.80 Å². The summed E-state index contributed by atoms with van der Waals surface area (Å²) in [6.07, 6.45) is 5.17. The number of allylic oxidation sites excluding steroid dienone is 1. The Balaban J connectivity index is 1.54. The van der Waals surface area contributed by atoms with E-state index in [-0.39, 0.29) is 37.3 Å². The number of esters is 1. The molecule has 0 unspecified atom stereocenters. The summed E-state index contributed by atoms with van der Waals surface area (Å²) in [5.41, 5.74) is 1.66. The number of carbonyl (C=O) groups is 4. The van der Waals surface area contributed by atoms with Crippen molar-refractivity contribution in [3.8, 4) is 0 Å². The molecular formula is C40H48BrN3O7. The molecular weight excluding hydrogens is 714 g/mol. The molecule has 1 spiro atoms. The van der Waals surface area contributed by atoms with E-state index in [4.69, 9.17) is 9.47 Å². The Bertz CT molecular complexity index is 1730.